The number of benzene rings is 1. The molecule has 0 atom stereocenters. The molecule has 0 unspecified atom stereocenters. The minimum atomic E-state index is 0. The van der Waals surface area contributed by atoms with Crippen LogP contribution in [-0.4, -0.2) is 30.7 Å². The summed E-state index contributed by atoms with van der Waals surface area (Å²) in [7, 11) is 0. The number of quaternary nitrogens is 1. The van der Waals surface area contributed by atoms with Crippen LogP contribution in [-0.2, 0) is 6.54 Å². The molecule has 0 N–H and O–H groups in total. The van der Waals surface area contributed by atoms with Gasteiger partial charge in [-0.2, -0.15) is 0 Å². The normalized spacial score (nSPS) is 11.3. The molecule has 1 aromatic carbocycles. The molecule has 0 aliphatic heterocycles. The molecular weight excluding hydrogens is 434 g/mol. The number of hydrogen-bond acceptors (Lipinski definition) is 1. The van der Waals surface area contributed by atoms with E-state index in [9.17, 15) is 0 Å². The molecule has 0 saturated heterocycles. The zero-order chi connectivity index (χ0) is 21.2. The van der Waals surface area contributed by atoms with Gasteiger partial charge >= 0.3 is 0 Å². The Labute approximate surface area is 199 Å². The quantitative estimate of drug-likeness (QED) is 0.195. The summed E-state index contributed by atoms with van der Waals surface area (Å²) < 4.78 is 7.26. The van der Waals surface area contributed by atoms with Gasteiger partial charge in [-0.3, -0.25) is 0 Å². The lowest BCUT2D eigenvalue weighted by Crippen LogP contribution is -3.00. The van der Waals surface area contributed by atoms with Gasteiger partial charge in [0.05, 0.1) is 26.2 Å². The maximum absolute atomic E-state index is 5.99. The second kappa shape index (κ2) is 19.2. The van der Waals surface area contributed by atoms with E-state index >= 15 is 0 Å². The third-order valence-corrected chi connectivity index (χ3v) is 6.17. The highest BCUT2D eigenvalue weighted by Crippen LogP contribution is 2.22. The number of rotatable bonds is 19. The van der Waals surface area contributed by atoms with Crippen LogP contribution in [0.5, 0.6) is 5.75 Å². The summed E-state index contributed by atoms with van der Waals surface area (Å²) in [5, 5.41) is 0. The summed E-state index contributed by atoms with van der Waals surface area (Å²) in [4.78, 5) is 0. The summed E-state index contributed by atoms with van der Waals surface area (Å²) in [5.41, 5.74) is 1.47. The van der Waals surface area contributed by atoms with Gasteiger partial charge in [0.1, 0.15) is 12.3 Å². The van der Waals surface area contributed by atoms with Gasteiger partial charge in [-0.25, -0.2) is 0 Å². The average Bonchev–Trinajstić information content (AvgIpc) is 2.75. The molecule has 3 heteroatoms. The topological polar surface area (TPSA) is 9.23 Å². The Hall–Kier alpha value is -0.540. The Kier molecular flexibility index (Phi) is 18.8. The van der Waals surface area contributed by atoms with E-state index < -0.39 is 0 Å². The van der Waals surface area contributed by atoms with Crippen LogP contribution < -0.4 is 21.7 Å². The smallest absolute Gasteiger partial charge is 0.119 e. The SMILES string of the molecule is CCCCCCCCOc1ccc(C[N+](CCCC)(CCCC)CCCC)cc1.[Br-]. The van der Waals surface area contributed by atoms with E-state index in [1.165, 1.54) is 113 Å². The summed E-state index contributed by atoms with van der Waals surface area (Å²) in [5.74, 6) is 1.04. The lowest BCUT2D eigenvalue weighted by atomic mass is 10.1. The molecule has 0 heterocycles. The van der Waals surface area contributed by atoms with Crippen LogP contribution in [0.15, 0.2) is 24.3 Å². The van der Waals surface area contributed by atoms with E-state index in [2.05, 4.69) is 52.0 Å². The van der Waals surface area contributed by atoms with E-state index in [1.807, 2.05) is 0 Å². The number of ether oxygens (including phenoxy) is 1. The first-order valence-corrected chi connectivity index (χ1v) is 12.8. The van der Waals surface area contributed by atoms with Gasteiger partial charge in [-0.05, 0) is 49.9 Å². The lowest BCUT2D eigenvalue weighted by molar-refractivity contribution is -0.941. The van der Waals surface area contributed by atoms with Crippen LogP contribution in [0.4, 0.5) is 0 Å². The van der Waals surface area contributed by atoms with Crippen molar-refractivity contribution in [1.82, 2.24) is 0 Å². The van der Waals surface area contributed by atoms with Crippen LogP contribution >= 0.6 is 0 Å². The first-order valence-electron chi connectivity index (χ1n) is 12.8. The molecule has 0 amide bonds. The molecule has 0 radical (unpaired) electrons. The maximum atomic E-state index is 5.99. The minimum absolute atomic E-state index is 0. The summed E-state index contributed by atoms with van der Waals surface area (Å²) in [6.07, 6.45) is 15.8. The molecule has 0 spiro atoms. The van der Waals surface area contributed by atoms with Crippen LogP contribution in [0, 0.1) is 0 Å². The molecule has 0 aliphatic carbocycles. The van der Waals surface area contributed by atoms with Crippen molar-refractivity contribution in [1.29, 1.82) is 0 Å². The highest BCUT2D eigenvalue weighted by Gasteiger charge is 2.26. The van der Waals surface area contributed by atoms with Gasteiger partial charge in [0.15, 0.2) is 0 Å². The van der Waals surface area contributed by atoms with E-state index in [0.717, 1.165) is 12.4 Å². The molecule has 0 bridgehead atoms. The van der Waals surface area contributed by atoms with Gasteiger partial charge < -0.3 is 26.2 Å². The highest BCUT2D eigenvalue weighted by atomic mass is 79.9. The maximum Gasteiger partial charge on any atom is 0.119 e. The molecule has 0 aliphatic rings. The average molecular weight is 485 g/mol. The fourth-order valence-electron chi connectivity index (χ4n) is 4.20. The number of unbranched alkanes of at least 4 members (excludes halogenated alkanes) is 8. The highest BCUT2D eigenvalue weighted by molar-refractivity contribution is 5.26. The summed E-state index contributed by atoms with van der Waals surface area (Å²) in [6, 6.07) is 9.02. The fraction of sp³-hybridized carbons (Fsp3) is 0.778. The predicted octanol–water partition coefficient (Wildman–Crippen LogP) is 5.15. The lowest BCUT2D eigenvalue weighted by Gasteiger charge is -2.39. The standard InChI is InChI=1S/C27H50NO.BrH/c1-5-9-13-14-15-16-24-29-27-19-17-26(18-20-27)25-28(21-10-6-2,22-11-7-3)23-12-8-4;/h17-20H,5-16,21-25H2,1-4H3;1H/q+1;/p-1. The van der Waals surface area contributed by atoms with Gasteiger partial charge in [-0.15, -0.1) is 0 Å². The Morgan fingerprint density at radius 3 is 1.57 bits per heavy atom. The van der Waals surface area contributed by atoms with E-state index in [-0.39, 0.29) is 17.0 Å². The van der Waals surface area contributed by atoms with Crippen LogP contribution in [0.1, 0.15) is 110 Å². The third-order valence-electron chi connectivity index (χ3n) is 6.17. The van der Waals surface area contributed by atoms with Crippen molar-refractivity contribution in [3.8, 4) is 5.75 Å². The largest absolute Gasteiger partial charge is 1.00 e. The van der Waals surface area contributed by atoms with Crippen molar-refractivity contribution < 1.29 is 26.2 Å². The molecular formula is C27H50BrNO. The number of halogens is 1. The number of hydrogen-bond donors (Lipinski definition) is 0. The van der Waals surface area contributed by atoms with Crippen molar-refractivity contribution in [2.75, 3.05) is 26.2 Å². The zero-order valence-electron chi connectivity index (χ0n) is 20.6. The number of nitrogens with zero attached hydrogens (tertiary/aromatic N) is 1. The molecule has 2 nitrogen and oxygen atoms in total. The van der Waals surface area contributed by atoms with E-state index in [0.29, 0.717) is 0 Å². The third kappa shape index (κ3) is 13.0. The van der Waals surface area contributed by atoms with Gasteiger partial charge in [0.2, 0.25) is 0 Å². The van der Waals surface area contributed by atoms with E-state index in [1.54, 1.807) is 0 Å². The second-order valence-corrected chi connectivity index (χ2v) is 8.99. The zero-order valence-corrected chi connectivity index (χ0v) is 22.1. The molecule has 0 fully saturated rings. The van der Waals surface area contributed by atoms with Gasteiger partial charge in [0, 0.05) is 5.56 Å². The fourth-order valence-corrected chi connectivity index (χ4v) is 4.20. The summed E-state index contributed by atoms with van der Waals surface area (Å²) >= 11 is 0. The molecule has 0 aromatic heterocycles. The first-order chi connectivity index (χ1) is 14.2. The Morgan fingerprint density at radius 2 is 1.07 bits per heavy atom. The molecule has 1 rings (SSSR count). The Balaban J connectivity index is 0.00000841. The summed E-state index contributed by atoms with van der Waals surface area (Å²) in [6.45, 7) is 15.3. The molecule has 1 aromatic rings. The van der Waals surface area contributed by atoms with Gasteiger partial charge in [0.25, 0.3) is 0 Å². The van der Waals surface area contributed by atoms with Crippen LogP contribution in [0.25, 0.3) is 0 Å². The molecule has 0 saturated carbocycles. The molecule has 30 heavy (non-hydrogen) atoms. The van der Waals surface area contributed by atoms with Crippen molar-refractivity contribution in [3.63, 3.8) is 0 Å². The van der Waals surface area contributed by atoms with Crippen molar-refractivity contribution >= 4 is 0 Å². The molecule has 176 valence electrons. The monoisotopic (exact) mass is 483 g/mol. The first kappa shape index (κ1) is 29.5. The Bertz CT molecular complexity index is 466. The van der Waals surface area contributed by atoms with Crippen molar-refractivity contribution in [2.24, 2.45) is 0 Å². The van der Waals surface area contributed by atoms with Crippen LogP contribution in [0.3, 0.4) is 0 Å². The van der Waals surface area contributed by atoms with E-state index in [4.69, 9.17) is 4.74 Å². The van der Waals surface area contributed by atoms with Gasteiger partial charge in [-0.1, -0.05) is 79.1 Å². The predicted molar refractivity (Wildman–Crippen MR) is 129 cm³/mol. The van der Waals surface area contributed by atoms with Crippen molar-refractivity contribution in [2.45, 2.75) is 111 Å². The minimum Gasteiger partial charge on any atom is -1.00 e. The second-order valence-electron chi connectivity index (χ2n) is 8.99. The Morgan fingerprint density at radius 1 is 0.600 bits per heavy atom. The van der Waals surface area contributed by atoms with Crippen LogP contribution in [0.2, 0.25) is 0 Å². The van der Waals surface area contributed by atoms with Crippen molar-refractivity contribution in [3.05, 3.63) is 29.8 Å².